The second kappa shape index (κ2) is 9.77. The first-order chi connectivity index (χ1) is 15.0. The second-order valence-electron chi connectivity index (χ2n) is 9.41. The molecule has 31 heavy (non-hydrogen) atoms. The molecule has 4 heteroatoms. The van der Waals surface area contributed by atoms with E-state index in [-0.39, 0.29) is 5.92 Å². The van der Waals surface area contributed by atoms with Crippen molar-refractivity contribution in [3.63, 3.8) is 0 Å². The van der Waals surface area contributed by atoms with Gasteiger partial charge in [-0.15, -0.1) is 0 Å². The van der Waals surface area contributed by atoms with Crippen molar-refractivity contribution < 1.29 is 13.2 Å². The number of fused-ring (bicyclic) bond motifs is 3. The largest absolute Gasteiger partial charge is 0.416 e. The quantitative estimate of drug-likeness (QED) is 0.409. The summed E-state index contributed by atoms with van der Waals surface area (Å²) in [5.41, 5.74) is 3.18. The third-order valence-electron chi connectivity index (χ3n) is 7.37. The number of halogens is 3. The molecule has 168 valence electrons. The standard InChI is InChI=1S/C27H34F3N/c1-2-3-4-5-8-16-31-17-15-21-18-25(20-11-13-22(14-12-20)27(28,29)30)23-9-6-7-10-24(23)26(21)19-31/h6-7,9-14,21,25-26H,2-5,8,15-19H2,1H3. The van der Waals surface area contributed by atoms with Gasteiger partial charge in [-0.1, -0.05) is 69.0 Å². The fourth-order valence-electron chi connectivity index (χ4n) is 5.66. The highest BCUT2D eigenvalue weighted by Crippen LogP contribution is 2.48. The van der Waals surface area contributed by atoms with Crippen LogP contribution in [0.4, 0.5) is 13.2 Å². The van der Waals surface area contributed by atoms with E-state index < -0.39 is 11.7 Å². The molecule has 0 amide bonds. The SMILES string of the molecule is CCCCCCCN1CCC2CC(c3ccc(C(F)(F)F)cc3)c3ccccc3C2C1. The summed E-state index contributed by atoms with van der Waals surface area (Å²) in [6.07, 6.45) is 4.51. The molecule has 1 aliphatic heterocycles. The molecule has 4 rings (SSSR count). The lowest BCUT2D eigenvalue weighted by Gasteiger charge is -2.45. The molecule has 1 saturated heterocycles. The van der Waals surface area contributed by atoms with Crippen molar-refractivity contribution >= 4 is 0 Å². The fourth-order valence-corrected chi connectivity index (χ4v) is 5.66. The predicted octanol–water partition coefficient (Wildman–Crippen LogP) is 7.62. The van der Waals surface area contributed by atoms with Crippen LogP contribution in [0.15, 0.2) is 48.5 Å². The van der Waals surface area contributed by atoms with Crippen LogP contribution >= 0.6 is 0 Å². The van der Waals surface area contributed by atoms with Crippen molar-refractivity contribution in [1.82, 2.24) is 4.90 Å². The van der Waals surface area contributed by atoms with Gasteiger partial charge in [-0.05, 0) is 73.0 Å². The zero-order chi connectivity index (χ0) is 21.8. The highest BCUT2D eigenvalue weighted by atomic mass is 19.4. The Bertz CT molecular complexity index is 842. The normalized spacial score (nSPS) is 23.9. The zero-order valence-corrected chi connectivity index (χ0v) is 18.5. The van der Waals surface area contributed by atoms with E-state index in [1.807, 2.05) is 0 Å². The molecule has 0 aromatic heterocycles. The van der Waals surface area contributed by atoms with Gasteiger partial charge in [0.25, 0.3) is 0 Å². The second-order valence-corrected chi connectivity index (χ2v) is 9.41. The molecule has 3 atom stereocenters. The van der Waals surface area contributed by atoms with Crippen molar-refractivity contribution in [3.8, 4) is 0 Å². The van der Waals surface area contributed by atoms with Crippen LogP contribution < -0.4 is 0 Å². The van der Waals surface area contributed by atoms with E-state index in [0.29, 0.717) is 11.8 Å². The minimum Gasteiger partial charge on any atom is -0.303 e. The Kier molecular flexibility index (Phi) is 7.05. The van der Waals surface area contributed by atoms with Crippen LogP contribution in [-0.2, 0) is 6.18 Å². The average Bonchev–Trinajstić information content (AvgIpc) is 2.78. The van der Waals surface area contributed by atoms with Gasteiger partial charge in [-0.3, -0.25) is 0 Å². The highest BCUT2D eigenvalue weighted by Gasteiger charge is 2.39. The number of alkyl halides is 3. The molecule has 0 spiro atoms. The maximum Gasteiger partial charge on any atom is 0.416 e. The lowest BCUT2D eigenvalue weighted by molar-refractivity contribution is -0.137. The first-order valence-corrected chi connectivity index (χ1v) is 12.0. The minimum absolute atomic E-state index is 0.195. The van der Waals surface area contributed by atoms with Gasteiger partial charge in [0.15, 0.2) is 0 Å². The molecule has 1 heterocycles. The van der Waals surface area contributed by atoms with Gasteiger partial charge in [0.05, 0.1) is 5.56 Å². The summed E-state index contributed by atoms with van der Waals surface area (Å²) in [7, 11) is 0. The van der Waals surface area contributed by atoms with E-state index in [2.05, 4.69) is 36.1 Å². The lowest BCUT2D eigenvalue weighted by atomic mass is 9.66. The molecule has 1 aliphatic carbocycles. The Morgan fingerprint density at radius 3 is 2.32 bits per heavy atom. The van der Waals surface area contributed by atoms with Gasteiger partial charge < -0.3 is 4.90 Å². The Morgan fingerprint density at radius 2 is 1.61 bits per heavy atom. The lowest BCUT2D eigenvalue weighted by Crippen LogP contribution is -2.42. The number of rotatable bonds is 7. The number of likely N-dealkylation sites (tertiary alicyclic amines) is 1. The monoisotopic (exact) mass is 429 g/mol. The summed E-state index contributed by atoms with van der Waals surface area (Å²) in [4.78, 5) is 2.64. The summed E-state index contributed by atoms with van der Waals surface area (Å²) in [5.74, 6) is 1.35. The number of unbranched alkanes of at least 4 members (excludes halogenated alkanes) is 4. The molecule has 0 N–H and O–H groups in total. The topological polar surface area (TPSA) is 3.24 Å². The predicted molar refractivity (Wildman–Crippen MR) is 120 cm³/mol. The third-order valence-corrected chi connectivity index (χ3v) is 7.37. The molecule has 0 bridgehead atoms. The number of hydrogen-bond acceptors (Lipinski definition) is 1. The summed E-state index contributed by atoms with van der Waals surface area (Å²) in [6, 6.07) is 14.5. The fraction of sp³-hybridized carbons (Fsp3) is 0.556. The van der Waals surface area contributed by atoms with Crippen LogP contribution in [0, 0.1) is 5.92 Å². The van der Waals surface area contributed by atoms with Crippen LogP contribution in [0.3, 0.4) is 0 Å². The van der Waals surface area contributed by atoms with Gasteiger partial charge >= 0.3 is 6.18 Å². The Balaban J connectivity index is 1.49. The van der Waals surface area contributed by atoms with Gasteiger partial charge in [0.2, 0.25) is 0 Å². The van der Waals surface area contributed by atoms with E-state index >= 15 is 0 Å². The van der Waals surface area contributed by atoms with Crippen molar-refractivity contribution in [3.05, 3.63) is 70.8 Å². The van der Waals surface area contributed by atoms with Gasteiger partial charge in [0, 0.05) is 12.5 Å². The molecular formula is C27H34F3N. The van der Waals surface area contributed by atoms with Gasteiger partial charge in [-0.25, -0.2) is 0 Å². The zero-order valence-electron chi connectivity index (χ0n) is 18.5. The molecule has 2 aromatic carbocycles. The third kappa shape index (κ3) is 5.16. The van der Waals surface area contributed by atoms with E-state index in [9.17, 15) is 13.2 Å². The smallest absolute Gasteiger partial charge is 0.303 e. The number of hydrogen-bond donors (Lipinski definition) is 0. The molecular weight excluding hydrogens is 395 g/mol. The molecule has 1 nitrogen and oxygen atoms in total. The summed E-state index contributed by atoms with van der Waals surface area (Å²) >= 11 is 0. The summed E-state index contributed by atoms with van der Waals surface area (Å²) in [6.45, 7) is 5.71. The van der Waals surface area contributed by atoms with E-state index in [1.54, 1.807) is 12.1 Å². The number of benzene rings is 2. The minimum atomic E-state index is -4.28. The van der Waals surface area contributed by atoms with Crippen LogP contribution in [0.2, 0.25) is 0 Å². The van der Waals surface area contributed by atoms with E-state index in [4.69, 9.17) is 0 Å². The van der Waals surface area contributed by atoms with Crippen LogP contribution in [-0.4, -0.2) is 24.5 Å². The molecule has 3 unspecified atom stereocenters. The maximum atomic E-state index is 13.0. The molecule has 1 fully saturated rings. The average molecular weight is 430 g/mol. The van der Waals surface area contributed by atoms with Gasteiger partial charge in [-0.2, -0.15) is 13.2 Å². The molecule has 2 aliphatic rings. The maximum absolute atomic E-state index is 13.0. The Morgan fingerprint density at radius 1 is 0.903 bits per heavy atom. The van der Waals surface area contributed by atoms with Crippen molar-refractivity contribution in [2.45, 2.75) is 69.9 Å². The Hall–Kier alpha value is -1.81. The summed E-state index contributed by atoms with van der Waals surface area (Å²) in [5, 5.41) is 0. The Labute approximate surface area is 184 Å². The molecule has 0 radical (unpaired) electrons. The number of nitrogens with zero attached hydrogens (tertiary/aromatic N) is 1. The first kappa shape index (κ1) is 22.4. The van der Waals surface area contributed by atoms with E-state index in [0.717, 1.165) is 25.1 Å². The van der Waals surface area contributed by atoms with Crippen molar-refractivity contribution in [2.75, 3.05) is 19.6 Å². The molecule has 2 aromatic rings. The number of piperidine rings is 1. The van der Waals surface area contributed by atoms with Gasteiger partial charge in [0.1, 0.15) is 0 Å². The van der Waals surface area contributed by atoms with Crippen LogP contribution in [0.1, 0.15) is 86.0 Å². The van der Waals surface area contributed by atoms with E-state index in [1.165, 1.54) is 68.3 Å². The highest BCUT2D eigenvalue weighted by molar-refractivity contribution is 5.44. The summed E-state index contributed by atoms with van der Waals surface area (Å²) < 4.78 is 39.0. The van der Waals surface area contributed by atoms with Crippen molar-refractivity contribution in [2.24, 2.45) is 5.92 Å². The molecule has 0 saturated carbocycles. The van der Waals surface area contributed by atoms with Crippen LogP contribution in [0.25, 0.3) is 0 Å². The van der Waals surface area contributed by atoms with Crippen molar-refractivity contribution in [1.29, 1.82) is 0 Å². The van der Waals surface area contributed by atoms with Crippen LogP contribution in [0.5, 0.6) is 0 Å². The first-order valence-electron chi connectivity index (χ1n) is 12.0.